The lowest BCUT2D eigenvalue weighted by Crippen LogP contribution is -2.42. The Morgan fingerprint density at radius 2 is 1.96 bits per heavy atom. The Bertz CT molecular complexity index is 635. The van der Waals surface area contributed by atoms with Crippen LogP contribution >= 0.6 is 11.6 Å². The number of guanidine groups is 1. The van der Waals surface area contributed by atoms with Crippen LogP contribution in [0.2, 0.25) is 5.02 Å². The Balaban J connectivity index is 1.92. The third-order valence-corrected chi connectivity index (χ3v) is 5.09. The molecule has 158 valence electrons. The van der Waals surface area contributed by atoms with Gasteiger partial charge in [0.15, 0.2) is 17.5 Å². The minimum Gasteiger partial charge on any atom is -0.486 e. The largest absolute Gasteiger partial charge is 0.486 e. The Labute approximate surface area is 174 Å². The zero-order valence-corrected chi connectivity index (χ0v) is 18.4. The van der Waals surface area contributed by atoms with Crippen molar-refractivity contribution in [2.24, 2.45) is 4.99 Å². The zero-order chi connectivity index (χ0) is 20.4. The van der Waals surface area contributed by atoms with Gasteiger partial charge in [0, 0.05) is 12.6 Å². The van der Waals surface area contributed by atoms with E-state index in [1.165, 1.54) is 6.42 Å². The van der Waals surface area contributed by atoms with E-state index in [1.807, 2.05) is 12.1 Å². The Morgan fingerprint density at radius 1 is 1.21 bits per heavy atom. The molecular formula is C21H35ClN4O2. The summed E-state index contributed by atoms with van der Waals surface area (Å²) in [5, 5.41) is 7.40. The molecule has 0 spiro atoms. The maximum atomic E-state index is 6.33. The summed E-state index contributed by atoms with van der Waals surface area (Å²) in [6, 6.07) is 4.22. The van der Waals surface area contributed by atoms with Crippen molar-refractivity contribution in [3.8, 4) is 11.5 Å². The van der Waals surface area contributed by atoms with Crippen LogP contribution in [0, 0.1) is 0 Å². The zero-order valence-electron chi connectivity index (χ0n) is 17.7. The van der Waals surface area contributed by atoms with Crippen molar-refractivity contribution in [3.63, 3.8) is 0 Å². The third kappa shape index (κ3) is 7.06. The molecule has 1 aromatic rings. The van der Waals surface area contributed by atoms with Crippen LogP contribution in [0.3, 0.4) is 0 Å². The van der Waals surface area contributed by atoms with Gasteiger partial charge >= 0.3 is 0 Å². The second-order valence-electron chi connectivity index (χ2n) is 7.01. The SMILES string of the molecule is CCNC(=NCc1cc(Cl)c2c(c1)OCCO2)NC(C)CCCN(CC)CC. The molecule has 1 aliphatic rings. The molecule has 1 atom stereocenters. The number of fused-ring (bicyclic) bond motifs is 1. The van der Waals surface area contributed by atoms with Gasteiger partial charge in [0.2, 0.25) is 0 Å². The predicted octanol–water partition coefficient (Wildman–Crippen LogP) is 3.68. The molecule has 0 saturated carbocycles. The van der Waals surface area contributed by atoms with E-state index in [9.17, 15) is 0 Å². The lowest BCUT2D eigenvalue weighted by molar-refractivity contribution is 0.171. The highest BCUT2D eigenvalue weighted by Gasteiger charge is 2.16. The first-order valence-corrected chi connectivity index (χ1v) is 10.8. The smallest absolute Gasteiger partial charge is 0.191 e. The van der Waals surface area contributed by atoms with Crippen molar-refractivity contribution in [2.75, 3.05) is 39.4 Å². The van der Waals surface area contributed by atoms with Gasteiger partial charge in [0.25, 0.3) is 0 Å². The quantitative estimate of drug-likeness (QED) is 0.455. The molecule has 1 aromatic carbocycles. The van der Waals surface area contributed by atoms with Gasteiger partial charge in [-0.25, -0.2) is 4.99 Å². The van der Waals surface area contributed by atoms with E-state index >= 15 is 0 Å². The van der Waals surface area contributed by atoms with Crippen LogP contribution in [-0.2, 0) is 6.54 Å². The molecule has 0 aromatic heterocycles. The maximum Gasteiger partial charge on any atom is 0.191 e. The second kappa shape index (κ2) is 12.0. The van der Waals surface area contributed by atoms with Gasteiger partial charge in [-0.05, 0) is 64.0 Å². The van der Waals surface area contributed by atoms with Gasteiger partial charge in [0.05, 0.1) is 11.6 Å². The molecule has 1 heterocycles. The average molecular weight is 411 g/mol. The first-order chi connectivity index (χ1) is 13.6. The van der Waals surface area contributed by atoms with Crippen molar-refractivity contribution >= 4 is 17.6 Å². The van der Waals surface area contributed by atoms with Crippen molar-refractivity contribution in [1.82, 2.24) is 15.5 Å². The van der Waals surface area contributed by atoms with Crippen molar-refractivity contribution < 1.29 is 9.47 Å². The second-order valence-corrected chi connectivity index (χ2v) is 7.42. The number of nitrogens with one attached hydrogen (secondary N) is 2. The van der Waals surface area contributed by atoms with Crippen LogP contribution in [0.25, 0.3) is 0 Å². The van der Waals surface area contributed by atoms with E-state index in [2.05, 4.69) is 43.2 Å². The normalized spacial score (nSPS) is 14.9. The molecule has 28 heavy (non-hydrogen) atoms. The number of rotatable bonds is 10. The summed E-state index contributed by atoms with van der Waals surface area (Å²) in [5.41, 5.74) is 1.00. The first-order valence-electron chi connectivity index (χ1n) is 10.4. The molecule has 1 aliphatic heterocycles. The highest BCUT2D eigenvalue weighted by Crippen LogP contribution is 2.38. The monoisotopic (exact) mass is 410 g/mol. The van der Waals surface area contributed by atoms with E-state index in [4.69, 9.17) is 26.1 Å². The minimum absolute atomic E-state index is 0.359. The van der Waals surface area contributed by atoms with Crippen molar-refractivity contribution in [2.45, 2.75) is 53.1 Å². The number of benzene rings is 1. The number of ether oxygens (including phenoxy) is 2. The van der Waals surface area contributed by atoms with Crippen LogP contribution in [0.1, 0.15) is 46.1 Å². The topological polar surface area (TPSA) is 58.1 Å². The van der Waals surface area contributed by atoms with E-state index in [0.29, 0.717) is 42.3 Å². The summed E-state index contributed by atoms with van der Waals surface area (Å²) in [5.74, 6) is 2.16. The fraction of sp³-hybridized carbons (Fsp3) is 0.667. The molecule has 1 unspecified atom stereocenters. The summed E-state index contributed by atoms with van der Waals surface area (Å²) < 4.78 is 11.2. The Kier molecular flexibility index (Phi) is 9.71. The van der Waals surface area contributed by atoms with Crippen LogP contribution in [0.5, 0.6) is 11.5 Å². The van der Waals surface area contributed by atoms with E-state index < -0.39 is 0 Å². The lowest BCUT2D eigenvalue weighted by Gasteiger charge is -2.21. The molecule has 0 bridgehead atoms. The van der Waals surface area contributed by atoms with Gasteiger partial charge in [0.1, 0.15) is 13.2 Å². The van der Waals surface area contributed by atoms with Crippen LogP contribution in [0.15, 0.2) is 17.1 Å². The highest BCUT2D eigenvalue weighted by atomic mass is 35.5. The number of hydrogen-bond donors (Lipinski definition) is 2. The van der Waals surface area contributed by atoms with Gasteiger partial charge in [-0.2, -0.15) is 0 Å². The number of hydrogen-bond acceptors (Lipinski definition) is 4. The summed E-state index contributed by atoms with van der Waals surface area (Å²) in [6.45, 7) is 14.5. The summed E-state index contributed by atoms with van der Waals surface area (Å²) >= 11 is 6.33. The molecule has 0 saturated heterocycles. The van der Waals surface area contributed by atoms with Gasteiger partial charge in [-0.1, -0.05) is 25.4 Å². The van der Waals surface area contributed by atoms with E-state index in [1.54, 1.807) is 0 Å². The number of halogens is 1. The van der Waals surface area contributed by atoms with Crippen LogP contribution in [0.4, 0.5) is 0 Å². The van der Waals surface area contributed by atoms with Gasteiger partial charge in [-0.15, -0.1) is 0 Å². The predicted molar refractivity (Wildman–Crippen MR) is 117 cm³/mol. The molecule has 0 radical (unpaired) electrons. The number of aliphatic imine (C=N–C) groups is 1. The first kappa shape index (κ1) is 22.6. The van der Waals surface area contributed by atoms with E-state index in [-0.39, 0.29) is 0 Å². The lowest BCUT2D eigenvalue weighted by atomic mass is 10.1. The summed E-state index contributed by atoms with van der Waals surface area (Å²) in [4.78, 5) is 7.17. The fourth-order valence-electron chi connectivity index (χ4n) is 3.21. The average Bonchev–Trinajstić information content (AvgIpc) is 2.69. The molecule has 0 amide bonds. The van der Waals surface area contributed by atoms with E-state index in [0.717, 1.165) is 44.1 Å². The fourth-order valence-corrected chi connectivity index (χ4v) is 3.50. The number of nitrogens with zero attached hydrogens (tertiary/aromatic N) is 2. The molecular weight excluding hydrogens is 376 g/mol. The molecule has 2 rings (SSSR count). The molecule has 7 heteroatoms. The van der Waals surface area contributed by atoms with Gasteiger partial charge in [-0.3, -0.25) is 0 Å². The van der Waals surface area contributed by atoms with Crippen LogP contribution < -0.4 is 20.1 Å². The van der Waals surface area contributed by atoms with Gasteiger partial charge < -0.3 is 25.0 Å². The Morgan fingerprint density at radius 3 is 2.68 bits per heavy atom. The van der Waals surface area contributed by atoms with Crippen molar-refractivity contribution in [1.29, 1.82) is 0 Å². The van der Waals surface area contributed by atoms with Crippen molar-refractivity contribution in [3.05, 3.63) is 22.7 Å². The maximum absolute atomic E-state index is 6.33. The molecule has 2 N–H and O–H groups in total. The standard InChI is InChI=1S/C21H35ClN4O2/c1-5-23-21(25-16(4)9-8-10-26(6-2)7-3)24-15-17-13-18(22)20-19(14-17)27-11-12-28-20/h13-14,16H,5-12,15H2,1-4H3,(H2,23,24,25). The molecule has 6 nitrogen and oxygen atoms in total. The molecule has 0 fully saturated rings. The minimum atomic E-state index is 0.359. The Hall–Kier alpha value is -1.66. The summed E-state index contributed by atoms with van der Waals surface area (Å²) in [6.07, 6.45) is 2.28. The van der Waals surface area contributed by atoms with Crippen LogP contribution in [-0.4, -0.2) is 56.3 Å². The molecule has 0 aliphatic carbocycles. The summed E-state index contributed by atoms with van der Waals surface area (Å²) in [7, 11) is 0. The highest BCUT2D eigenvalue weighted by molar-refractivity contribution is 6.32. The third-order valence-electron chi connectivity index (χ3n) is 4.81.